The van der Waals surface area contributed by atoms with Gasteiger partial charge in [0.05, 0.1) is 4.91 Å². The third-order valence-corrected chi connectivity index (χ3v) is 6.86. The Labute approximate surface area is 136 Å². The van der Waals surface area contributed by atoms with Crippen molar-refractivity contribution in [3.63, 3.8) is 0 Å². The van der Waals surface area contributed by atoms with Gasteiger partial charge in [0.15, 0.2) is 0 Å². The van der Waals surface area contributed by atoms with Crippen molar-refractivity contribution in [2.45, 2.75) is 26.3 Å². The molecule has 1 aliphatic rings. The fourth-order valence-corrected chi connectivity index (χ4v) is 5.14. The van der Waals surface area contributed by atoms with Crippen LogP contribution in [0.4, 0.5) is 0 Å². The Kier molecular flexibility index (Phi) is 4.47. The number of nitrogens with zero attached hydrogens (tertiary/aromatic N) is 1. The minimum atomic E-state index is -3.39. The van der Waals surface area contributed by atoms with Crippen molar-refractivity contribution >= 4 is 27.4 Å². The molecular formula is C17H19NO2S2. The summed E-state index contributed by atoms with van der Waals surface area (Å²) in [4.78, 5) is 1.60. The second-order valence-corrected chi connectivity index (χ2v) is 8.34. The minimum absolute atomic E-state index is 0.454. The zero-order valence-electron chi connectivity index (χ0n) is 12.5. The van der Waals surface area contributed by atoms with Crippen LogP contribution in [0.25, 0.3) is 6.08 Å². The minimum Gasteiger partial charge on any atom is -0.207 e. The van der Waals surface area contributed by atoms with Crippen molar-refractivity contribution in [2.24, 2.45) is 0 Å². The number of fused-ring (bicyclic) bond motifs is 1. The topological polar surface area (TPSA) is 37.4 Å². The Balaban J connectivity index is 1.90. The first kappa shape index (κ1) is 15.5. The van der Waals surface area contributed by atoms with E-state index in [1.807, 2.05) is 48.7 Å². The molecule has 0 atom stereocenters. The summed E-state index contributed by atoms with van der Waals surface area (Å²) in [7, 11) is -3.39. The number of hydrogen-bond donors (Lipinski definition) is 0. The van der Waals surface area contributed by atoms with Gasteiger partial charge in [-0.2, -0.15) is 4.31 Å². The highest BCUT2D eigenvalue weighted by molar-refractivity contribution is 7.93. The molecule has 0 aliphatic heterocycles. The molecule has 0 saturated heterocycles. The highest BCUT2D eigenvalue weighted by Crippen LogP contribution is 2.29. The number of rotatable bonds is 5. The lowest BCUT2D eigenvalue weighted by Crippen LogP contribution is -2.31. The van der Waals surface area contributed by atoms with Crippen molar-refractivity contribution in [2.75, 3.05) is 6.54 Å². The number of aryl methyl sites for hydroxylation is 1. The molecule has 0 saturated carbocycles. The number of sulfonamides is 1. The number of hydrogen-bond acceptors (Lipinski definition) is 3. The van der Waals surface area contributed by atoms with Gasteiger partial charge in [0.25, 0.3) is 0 Å². The van der Waals surface area contributed by atoms with E-state index in [0.717, 1.165) is 16.9 Å². The Morgan fingerprint density at radius 3 is 2.68 bits per heavy atom. The van der Waals surface area contributed by atoms with Crippen LogP contribution in [0.5, 0.6) is 0 Å². The molecule has 0 amide bonds. The second kappa shape index (κ2) is 6.36. The Morgan fingerprint density at radius 1 is 1.14 bits per heavy atom. The van der Waals surface area contributed by atoms with Crippen LogP contribution < -0.4 is 0 Å². The quantitative estimate of drug-likeness (QED) is 0.832. The normalized spacial score (nSPS) is 14.7. The van der Waals surface area contributed by atoms with E-state index < -0.39 is 10.0 Å². The van der Waals surface area contributed by atoms with E-state index in [2.05, 4.69) is 6.07 Å². The lowest BCUT2D eigenvalue weighted by molar-refractivity contribution is 0.430. The number of allylic oxidation sites excluding steroid dienone is 1. The lowest BCUT2D eigenvalue weighted by atomic mass is 9.98. The molecule has 116 valence electrons. The average Bonchev–Trinajstić information content (AvgIpc) is 3.05. The van der Waals surface area contributed by atoms with Crippen LogP contribution in [0.3, 0.4) is 0 Å². The smallest absolute Gasteiger partial charge is 0.207 e. The Hall–Kier alpha value is -1.43. The van der Waals surface area contributed by atoms with E-state index in [0.29, 0.717) is 24.4 Å². The van der Waals surface area contributed by atoms with Crippen molar-refractivity contribution in [1.82, 2.24) is 4.31 Å². The van der Waals surface area contributed by atoms with Gasteiger partial charge >= 0.3 is 0 Å². The third-order valence-electron chi connectivity index (χ3n) is 3.95. The standard InChI is InChI=1S/C17H19NO2S2/c1-2-18(13-16-8-5-11-21-16)22(19,20)17-10-9-14-6-3-4-7-15(14)12-17/h3-8,11-12H,2,9-10,13H2,1H3. The third kappa shape index (κ3) is 3.02. The van der Waals surface area contributed by atoms with Crippen LogP contribution in [0, 0.1) is 0 Å². The molecule has 1 aromatic heterocycles. The summed E-state index contributed by atoms with van der Waals surface area (Å²) in [5.41, 5.74) is 2.25. The Bertz CT molecular complexity index is 777. The molecular weight excluding hydrogens is 314 g/mol. The van der Waals surface area contributed by atoms with Crippen molar-refractivity contribution in [1.29, 1.82) is 0 Å². The fourth-order valence-electron chi connectivity index (χ4n) is 2.72. The molecule has 3 rings (SSSR count). The molecule has 0 bridgehead atoms. The highest BCUT2D eigenvalue weighted by Gasteiger charge is 2.27. The molecule has 1 heterocycles. The van der Waals surface area contributed by atoms with Gasteiger partial charge < -0.3 is 0 Å². The zero-order valence-corrected chi connectivity index (χ0v) is 14.2. The highest BCUT2D eigenvalue weighted by atomic mass is 32.2. The van der Waals surface area contributed by atoms with Crippen LogP contribution in [0.2, 0.25) is 0 Å². The summed E-state index contributed by atoms with van der Waals surface area (Å²) in [6.45, 7) is 2.83. The largest absolute Gasteiger partial charge is 0.239 e. The summed E-state index contributed by atoms with van der Waals surface area (Å²) < 4.78 is 27.4. The van der Waals surface area contributed by atoms with Gasteiger partial charge in [-0.15, -0.1) is 11.3 Å². The molecule has 0 unspecified atom stereocenters. The van der Waals surface area contributed by atoms with Gasteiger partial charge in [-0.05, 0) is 41.5 Å². The maximum atomic E-state index is 12.9. The van der Waals surface area contributed by atoms with Crippen molar-refractivity contribution < 1.29 is 8.42 Å². The molecule has 0 spiro atoms. The maximum absolute atomic E-state index is 12.9. The van der Waals surface area contributed by atoms with E-state index >= 15 is 0 Å². The van der Waals surface area contributed by atoms with Crippen LogP contribution >= 0.6 is 11.3 Å². The molecule has 1 aliphatic carbocycles. The molecule has 1 aromatic carbocycles. The fraction of sp³-hybridized carbons (Fsp3) is 0.294. The monoisotopic (exact) mass is 333 g/mol. The van der Waals surface area contributed by atoms with E-state index in [4.69, 9.17) is 0 Å². The summed E-state index contributed by atoms with van der Waals surface area (Å²) >= 11 is 1.59. The summed E-state index contributed by atoms with van der Waals surface area (Å²) in [6, 6.07) is 11.9. The van der Waals surface area contributed by atoms with E-state index in [-0.39, 0.29) is 0 Å². The van der Waals surface area contributed by atoms with Gasteiger partial charge in [0, 0.05) is 18.0 Å². The van der Waals surface area contributed by atoms with E-state index in [1.54, 1.807) is 15.6 Å². The molecule has 22 heavy (non-hydrogen) atoms. The predicted octanol–water partition coefficient (Wildman–Crippen LogP) is 3.89. The molecule has 2 aromatic rings. The molecule has 0 radical (unpaired) electrons. The van der Waals surface area contributed by atoms with E-state index in [9.17, 15) is 8.42 Å². The van der Waals surface area contributed by atoms with Crippen LogP contribution in [0.15, 0.2) is 46.7 Å². The van der Waals surface area contributed by atoms with Gasteiger partial charge in [0.2, 0.25) is 10.0 Å². The first-order valence-electron chi connectivity index (χ1n) is 7.42. The number of benzene rings is 1. The second-order valence-electron chi connectivity index (χ2n) is 5.32. The average molecular weight is 333 g/mol. The van der Waals surface area contributed by atoms with Crippen LogP contribution in [-0.2, 0) is 23.0 Å². The first-order valence-corrected chi connectivity index (χ1v) is 9.74. The first-order chi connectivity index (χ1) is 10.6. The van der Waals surface area contributed by atoms with Gasteiger partial charge in [-0.1, -0.05) is 37.3 Å². The molecule has 0 N–H and O–H groups in total. The molecule has 5 heteroatoms. The summed E-state index contributed by atoms with van der Waals surface area (Å²) in [5, 5.41) is 1.98. The summed E-state index contributed by atoms with van der Waals surface area (Å²) in [5.74, 6) is 0. The van der Waals surface area contributed by atoms with Crippen LogP contribution in [0.1, 0.15) is 29.3 Å². The van der Waals surface area contributed by atoms with Gasteiger partial charge in [-0.3, -0.25) is 0 Å². The predicted molar refractivity (Wildman–Crippen MR) is 92.1 cm³/mol. The Morgan fingerprint density at radius 2 is 1.95 bits per heavy atom. The zero-order chi connectivity index (χ0) is 15.6. The van der Waals surface area contributed by atoms with E-state index in [1.165, 1.54) is 5.56 Å². The van der Waals surface area contributed by atoms with Crippen LogP contribution in [-0.4, -0.2) is 19.3 Å². The van der Waals surface area contributed by atoms with Gasteiger partial charge in [0.1, 0.15) is 0 Å². The molecule has 0 fully saturated rings. The molecule has 3 nitrogen and oxygen atoms in total. The van der Waals surface area contributed by atoms with Crippen molar-refractivity contribution in [3.8, 4) is 0 Å². The SMILES string of the molecule is CCN(Cc1cccs1)S(=O)(=O)C1=Cc2ccccc2CC1. The lowest BCUT2D eigenvalue weighted by Gasteiger charge is -2.24. The summed E-state index contributed by atoms with van der Waals surface area (Å²) in [6.07, 6.45) is 3.21. The van der Waals surface area contributed by atoms with Gasteiger partial charge in [-0.25, -0.2) is 8.42 Å². The van der Waals surface area contributed by atoms with Crippen molar-refractivity contribution in [3.05, 3.63) is 62.7 Å². The number of thiophene rings is 1. The maximum Gasteiger partial charge on any atom is 0.239 e.